The molecule has 0 radical (unpaired) electrons. The molecule has 0 saturated carbocycles. The Bertz CT molecular complexity index is 933. The van der Waals surface area contributed by atoms with Gasteiger partial charge in [0.05, 0.1) is 5.69 Å². The number of aromatic nitrogens is 2. The van der Waals surface area contributed by atoms with E-state index in [0.29, 0.717) is 10.8 Å². The maximum absolute atomic E-state index is 13.8. The van der Waals surface area contributed by atoms with Crippen molar-refractivity contribution < 1.29 is 8.78 Å². The fourth-order valence-electron chi connectivity index (χ4n) is 2.18. The Kier molecular flexibility index (Phi) is 4.67. The first-order valence-electron chi connectivity index (χ1n) is 7.30. The summed E-state index contributed by atoms with van der Waals surface area (Å²) in [6.45, 7) is 1.86. The molecule has 1 aromatic heterocycles. The number of nitrogens with two attached hydrogens (primary N) is 1. The Morgan fingerprint density at radius 1 is 1.00 bits per heavy atom. The number of hydrogen-bond donors (Lipinski definition) is 3. The third-order valence-electron chi connectivity index (χ3n) is 3.59. The van der Waals surface area contributed by atoms with Gasteiger partial charge in [-0.3, -0.25) is 0 Å². The zero-order valence-corrected chi connectivity index (χ0v) is 13.9. The number of nitrogens with one attached hydrogen (secondary N) is 2. The summed E-state index contributed by atoms with van der Waals surface area (Å²) in [5.74, 6) is -0.885. The zero-order valence-electron chi connectivity index (χ0n) is 13.1. The predicted octanol–water partition coefficient (Wildman–Crippen LogP) is 4.79. The molecular weight excluding hydrogens is 348 g/mol. The molecule has 128 valence electrons. The quantitative estimate of drug-likeness (QED) is 0.623. The summed E-state index contributed by atoms with van der Waals surface area (Å²) in [5.41, 5.74) is 7.87. The Balaban J connectivity index is 1.91. The number of rotatable bonds is 4. The molecule has 0 bridgehead atoms. The van der Waals surface area contributed by atoms with Gasteiger partial charge in [0.2, 0.25) is 0 Å². The van der Waals surface area contributed by atoms with Crippen molar-refractivity contribution in [2.24, 2.45) is 0 Å². The van der Waals surface area contributed by atoms with Crippen LogP contribution in [0, 0.1) is 18.6 Å². The fourth-order valence-corrected chi connectivity index (χ4v) is 2.36. The van der Waals surface area contributed by atoms with Crippen LogP contribution in [-0.4, -0.2) is 9.97 Å². The summed E-state index contributed by atoms with van der Waals surface area (Å²) >= 11 is 6.10. The molecular formula is C17H14ClF2N5. The highest BCUT2D eigenvalue weighted by molar-refractivity contribution is 6.31. The standard InChI is InChI=1S/C17H14ClF2N5/c1-9-11(18)3-2-4-13(9)24-16-15(21)17(23-8-22-16)25-14-6-5-10(19)7-12(14)20/h2-8H,21H2,1H3,(H2,22,23,24,25). The average molecular weight is 362 g/mol. The van der Waals surface area contributed by atoms with Crippen molar-refractivity contribution in [3.63, 3.8) is 0 Å². The molecule has 0 saturated heterocycles. The van der Waals surface area contributed by atoms with E-state index < -0.39 is 11.6 Å². The molecule has 8 heteroatoms. The summed E-state index contributed by atoms with van der Waals surface area (Å²) in [5, 5.41) is 6.41. The van der Waals surface area contributed by atoms with Crippen molar-refractivity contribution in [1.82, 2.24) is 9.97 Å². The van der Waals surface area contributed by atoms with Gasteiger partial charge in [0.15, 0.2) is 11.6 Å². The number of halogens is 3. The minimum Gasteiger partial charge on any atom is -0.393 e. The van der Waals surface area contributed by atoms with E-state index in [4.69, 9.17) is 17.3 Å². The minimum absolute atomic E-state index is 0.0525. The van der Waals surface area contributed by atoms with Crippen molar-refractivity contribution in [3.8, 4) is 0 Å². The number of hydrogen-bond acceptors (Lipinski definition) is 5. The first kappa shape index (κ1) is 16.9. The second-order valence-corrected chi connectivity index (χ2v) is 5.68. The molecule has 0 aliphatic carbocycles. The molecule has 4 N–H and O–H groups in total. The number of benzene rings is 2. The van der Waals surface area contributed by atoms with E-state index in [1.807, 2.05) is 13.0 Å². The normalized spacial score (nSPS) is 10.6. The number of nitrogens with zero attached hydrogens (tertiary/aromatic N) is 2. The van der Waals surface area contributed by atoms with E-state index in [-0.39, 0.29) is 17.2 Å². The average Bonchev–Trinajstić information content (AvgIpc) is 2.57. The lowest BCUT2D eigenvalue weighted by atomic mass is 10.2. The van der Waals surface area contributed by atoms with Crippen LogP contribution in [0.5, 0.6) is 0 Å². The van der Waals surface area contributed by atoms with Crippen LogP contribution in [0.1, 0.15) is 5.56 Å². The molecule has 25 heavy (non-hydrogen) atoms. The van der Waals surface area contributed by atoms with Crippen LogP contribution in [-0.2, 0) is 0 Å². The zero-order chi connectivity index (χ0) is 18.0. The lowest BCUT2D eigenvalue weighted by molar-refractivity contribution is 0.586. The van der Waals surface area contributed by atoms with Crippen LogP contribution in [0.2, 0.25) is 5.02 Å². The summed E-state index contributed by atoms with van der Waals surface area (Å²) in [7, 11) is 0. The highest BCUT2D eigenvalue weighted by atomic mass is 35.5. The summed E-state index contributed by atoms with van der Waals surface area (Å²) in [6.07, 6.45) is 1.28. The lowest BCUT2D eigenvalue weighted by Gasteiger charge is -2.14. The van der Waals surface area contributed by atoms with Crippen LogP contribution < -0.4 is 16.4 Å². The highest BCUT2D eigenvalue weighted by Gasteiger charge is 2.12. The van der Waals surface area contributed by atoms with Crippen LogP contribution >= 0.6 is 11.6 Å². The van der Waals surface area contributed by atoms with Gasteiger partial charge in [-0.05, 0) is 36.8 Å². The smallest absolute Gasteiger partial charge is 0.159 e. The fraction of sp³-hybridized carbons (Fsp3) is 0.0588. The van der Waals surface area contributed by atoms with Gasteiger partial charge >= 0.3 is 0 Å². The molecule has 0 unspecified atom stereocenters. The van der Waals surface area contributed by atoms with Crippen molar-refractivity contribution in [2.45, 2.75) is 6.92 Å². The van der Waals surface area contributed by atoms with Gasteiger partial charge in [0.25, 0.3) is 0 Å². The lowest BCUT2D eigenvalue weighted by Crippen LogP contribution is -2.06. The second kappa shape index (κ2) is 6.90. The van der Waals surface area contributed by atoms with Gasteiger partial charge in [0.1, 0.15) is 23.6 Å². The van der Waals surface area contributed by atoms with Gasteiger partial charge in [0, 0.05) is 16.8 Å². The maximum atomic E-state index is 13.8. The molecule has 1 heterocycles. The molecule has 0 aliphatic heterocycles. The molecule has 3 aromatic rings. The monoisotopic (exact) mass is 361 g/mol. The molecule has 0 spiro atoms. The summed E-state index contributed by atoms with van der Waals surface area (Å²) in [4.78, 5) is 8.10. The third kappa shape index (κ3) is 3.61. The molecule has 5 nitrogen and oxygen atoms in total. The van der Waals surface area contributed by atoms with Gasteiger partial charge in [-0.25, -0.2) is 18.7 Å². The molecule has 0 atom stereocenters. The van der Waals surface area contributed by atoms with Crippen molar-refractivity contribution in [3.05, 3.63) is 64.9 Å². The first-order chi connectivity index (χ1) is 12.0. The molecule has 2 aromatic carbocycles. The predicted molar refractivity (Wildman–Crippen MR) is 95.6 cm³/mol. The first-order valence-corrected chi connectivity index (χ1v) is 7.68. The minimum atomic E-state index is -0.752. The van der Waals surface area contributed by atoms with E-state index in [2.05, 4.69) is 20.6 Å². The van der Waals surface area contributed by atoms with E-state index in [1.165, 1.54) is 12.4 Å². The van der Waals surface area contributed by atoms with Crippen LogP contribution in [0.25, 0.3) is 0 Å². The Morgan fingerprint density at radius 3 is 2.36 bits per heavy atom. The molecule has 0 amide bonds. The van der Waals surface area contributed by atoms with E-state index in [9.17, 15) is 8.78 Å². The molecule has 0 fully saturated rings. The van der Waals surface area contributed by atoms with E-state index in [0.717, 1.165) is 23.4 Å². The van der Waals surface area contributed by atoms with Crippen LogP contribution in [0.15, 0.2) is 42.7 Å². The summed E-state index contributed by atoms with van der Waals surface area (Å²) < 4.78 is 26.8. The Labute approximate surface area is 147 Å². The molecule has 0 aliphatic rings. The van der Waals surface area contributed by atoms with Gasteiger partial charge < -0.3 is 16.4 Å². The maximum Gasteiger partial charge on any atom is 0.159 e. The second-order valence-electron chi connectivity index (χ2n) is 5.27. The topological polar surface area (TPSA) is 75.9 Å². The van der Waals surface area contributed by atoms with Crippen LogP contribution in [0.4, 0.5) is 37.5 Å². The van der Waals surface area contributed by atoms with Crippen molar-refractivity contribution >= 4 is 40.3 Å². The van der Waals surface area contributed by atoms with Gasteiger partial charge in [-0.15, -0.1) is 0 Å². The van der Waals surface area contributed by atoms with Crippen LogP contribution in [0.3, 0.4) is 0 Å². The Hall–Kier alpha value is -2.93. The van der Waals surface area contributed by atoms with Crippen molar-refractivity contribution in [1.29, 1.82) is 0 Å². The van der Waals surface area contributed by atoms with E-state index in [1.54, 1.807) is 12.1 Å². The van der Waals surface area contributed by atoms with Gasteiger partial charge in [-0.2, -0.15) is 0 Å². The Morgan fingerprint density at radius 2 is 1.68 bits per heavy atom. The van der Waals surface area contributed by atoms with E-state index >= 15 is 0 Å². The third-order valence-corrected chi connectivity index (χ3v) is 4.00. The number of nitrogen functional groups attached to an aromatic ring is 1. The molecule has 3 rings (SSSR count). The number of anilines is 5. The van der Waals surface area contributed by atoms with Gasteiger partial charge in [-0.1, -0.05) is 17.7 Å². The SMILES string of the molecule is Cc1c(Cl)cccc1Nc1ncnc(Nc2ccc(F)cc2F)c1N. The largest absolute Gasteiger partial charge is 0.393 e. The van der Waals surface area contributed by atoms with Crippen molar-refractivity contribution in [2.75, 3.05) is 16.4 Å². The highest BCUT2D eigenvalue weighted by Crippen LogP contribution is 2.31. The summed E-state index contributed by atoms with van der Waals surface area (Å²) in [6, 6.07) is 8.57.